The van der Waals surface area contributed by atoms with E-state index in [0.717, 1.165) is 42.9 Å². The summed E-state index contributed by atoms with van der Waals surface area (Å²) < 4.78 is 7.21. The predicted octanol–water partition coefficient (Wildman–Crippen LogP) is 1.83. The molecule has 0 unspecified atom stereocenters. The zero-order valence-corrected chi connectivity index (χ0v) is 14.6. The number of benzene rings is 1. The van der Waals surface area contributed by atoms with Crippen molar-refractivity contribution in [1.29, 1.82) is 0 Å². The van der Waals surface area contributed by atoms with E-state index in [4.69, 9.17) is 9.84 Å². The van der Waals surface area contributed by atoms with Crippen LogP contribution in [0.2, 0.25) is 0 Å². The number of hydrogen-bond acceptors (Lipinski definition) is 4. The lowest BCUT2D eigenvalue weighted by atomic mass is 9.93. The number of hydrogen-bond donors (Lipinski definition) is 1. The number of aliphatic hydroxyl groups excluding tert-OH is 1. The van der Waals surface area contributed by atoms with Crippen molar-refractivity contribution < 1.29 is 14.6 Å². The minimum atomic E-state index is 0.0882. The number of likely N-dealkylation sites (tertiary alicyclic amines) is 1. The SMILES string of the molecule is COc1ccccc1CC(=O)N1CCC(c2ccnn2CCO)CC1. The van der Waals surface area contributed by atoms with Gasteiger partial charge in [0.1, 0.15) is 5.75 Å². The first-order valence-corrected chi connectivity index (χ1v) is 8.75. The minimum Gasteiger partial charge on any atom is -0.496 e. The van der Waals surface area contributed by atoms with Crippen molar-refractivity contribution in [3.8, 4) is 5.75 Å². The monoisotopic (exact) mass is 343 g/mol. The molecule has 0 atom stereocenters. The molecule has 6 nitrogen and oxygen atoms in total. The van der Waals surface area contributed by atoms with Crippen molar-refractivity contribution in [2.75, 3.05) is 26.8 Å². The number of piperidine rings is 1. The van der Waals surface area contributed by atoms with Crippen LogP contribution in [0, 0.1) is 0 Å². The van der Waals surface area contributed by atoms with E-state index in [-0.39, 0.29) is 12.5 Å². The van der Waals surface area contributed by atoms with Gasteiger partial charge >= 0.3 is 0 Å². The molecule has 0 saturated carbocycles. The van der Waals surface area contributed by atoms with Gasteiger partial charge < -0.3 is 14.7 Å². The first kappa shape index (κ1) is 17.5. The van der Waals surface area contributed by atoms with E-state index in [1.165, 1.54) is 0 Å². The molecule has 1 aromatic heterocycles. The summed E-state index contributed by atoms with van der Waals surface area (Å²) in [5.74, 6) is 1.30. The Morgan fingerprint density at radius 2 is 2.04 bits per heavy atom. The zero-order chi connectivity index (χ0) is 17.6. The van der Waals surface area contributed by atoms with Crippen molar-refractivity contribution in [3.05, 3.63) is 47.8 Å². The van der Waals surface area contributed by atoms with Crippen molar-refractivity contribution >= 4 is 5.91 Å². The highest BCUT2D eigenvalue weighted by atomic mass is 16.5. The second-order valence-corrected chi connectivity index (χ2v) is 6.35. The topological polar surface area (TPSA) is 67.6 Å². The molecule has 25 heavy (non-hydrogen) atoms. The Labute approximate surface area is 148 Å². The van der Waals surface area contributed by atoms with Gasteiger partial charge in [0, 0.05) is 36.5 Å². The largest absolute Gasteiger partial charge is 0.496 e. The van der Waals surface area contributed by atoms with E-state index in [2.05, 4.69) is 5.10 Å². The van der Waals surface area contributed by atoms with Crippen molar-refractivity contribution in [2.45, 2.75) is 31.7 Å². The summed E-state index contributed by atoms with van der Waals surface area (Å²) in [5, 5.41) is 13.4. The molecular weight excluding hydrogens is 318 g/mol. The average molecular weight is 343 g/mol. The van der Waals surface area contributed by atoms with Crippen LogP contribution < -0.4 is 4.74 Å². The van der Waals surface area contributed by atoms with E-state index in [0.29, 0.717) is 18.9 Å². The van der Waals surface area contributed by atoms with Gasteiger partial charge in [-0.2, -0.15) is 5.10 Å². The molecule has 1 aliphatic heterocycles. The van der Waals surface area contributed by atoms with Crippen LogP contribution in [0.5, 0.6) is 5.75 Å². The first-order chi connectivity index (χ1) is 12.2. The van der Waals surface area contributed by atoms with Gasteiger partial charge in [0.05, 0.1) is 26.7 Å². The molecule has 6 heteroatoms. The van der Waals surface area contributed by atoms with Crippen molar-refractivity contribution in [1.82, 2.24) is 14.7 Å². The van der Waals surface area contributed by atoms with Crippen LogP contribution in [0.1, 0.15) is 30.0 Å². The molecule has 0 radical (unpaired) electrons. The average Bonchev–Trinajstić information content (AvgIpc) is 3.11. The normalized spacial score (nSPS) is 15.4. The number of aromatic nitrogens is 2. The third-order valence-corrected chi connectivity index (χ3v) is 4.86. The number of methoxy groups -OCH3 is 1. The van der Waals surface area contributed by atoms with Crippen LogP contribution >= 0.6 is 0 Å². The van der Waals surface area contributed by atoms with Gasteiger partial charge in [0.15, 0.2) is 0 Å². The van der Waals surface area contributed by atoms with Crippen LogP contribution in [0.15, 0.2) is 36.5 Å². The van der Waals surface area contributed by atoms with E-state index >= 15 is 0 Å². The summed E-state index contributed by atoms with van der Waals surface area (Å²) in [6, 6.07) is 9.69. The number of para-hydroxylation sites is 1. The summed E-state index contributed by atoms with van der Waals surface area (Å²) in [4.78, 5) is 14.6. The Bertz CT molecular complexity index is 705. The number of amides is 1. The first-order valence-electron chi connectivity index (χ1n) is 8.75. The van der Waals surface area contributed by atoms with Crippen molar-refractivity contribution in [3.63, 3.8) is 0 Å². The summed E-state index contributed by atoms with van der Waals surface area (Å²) in [6.07, 6.45) is 4.00. The van der Waals surface area contributed by atoms with Crippen LogP contribution in [-0.4, -0.2) is 52.5 Å². The molecule has 2 heterocycles. The molecule has 1 aromatic carbocycles. The van der Waals surface area contributed by atoms with Gasteiger partial charge in [-0.1, -0.05) is 18.2 Å². The molecule has 0 bridgehead atoms. The molecule has 3 rings (SSSR count). The molecule has 134 valence electrons. The fraction of sp³-hybridized carbons (Fsp3) is 0.474. The van der Waals surface area contributed by atoms with Gasteiger partial charge in [0.2, 0.25) is 5.91 Å². The van der Waals surface area contributed by atoms with E-state index in [1.807, 2.05) is 39.9 Å². The standard InChI is InChI=1S/C19H25N3O3/c1-25-18-5-3-2-4-16(18)14-19(24)21-10-7-15(8-11-21)17-6-9-20-22(17)12-13-23/h2-6,9,15,23H,7-8,10-14H2,1H3. The number of rotatable bonds is 6. The minimum absolute atomic E-state index is 0.0882. The van der Waals surface area contributed by atoms with E-state index < -0.39 is 0 Å². The molecule has 0 spiro atoms. The number of carbonyl (C=O) groups is 1. The van der Waals surface area contributed by atoms with Crippen LogP contribution in [0.4, 0.5) is 0 Å². The van der Waals surface area contributed by atoms with Gasteiger partial charge in [-0.3, -0.25) is 9.48 Å². The Morgan fingerprint density at radius 3 is 2.76 bits per heavy atom. The molecule has 2 aromatic rings. The Morgan fingerprint density at radius 1 is 1.28 bits per heavy atom. The maximum Gasteiger partial charge on any atom is 0.227 e. The summed E-state index contributed by atoms with van der Waals surface area (Å²) in [5.41, 5.74) is 2.09. The maximum atomic E-state index is 12.6. The van der Waals surface area contributed by atoms with Crippen molar-refractivity contribution in [2.24, 2.45) is 0 Å². The van der Waals surface area contributed by atoms with Gasteiger partial charge in [0.25, 0.3) is 0 Å². The highest BCUT2D eigenvalue weighted by Gasteiger charge is 2.26. The Hall–Kier alpha value is -2.34. The van der Waals surface area contributed by atoms with E-state index in [9.17, 15) is 4.79 Å². The quantitative estimate of drug-likeness (QED) is 0.869. The fourth-order valence-corrected chi connectivity index (χ4v) is 3.52. The van der Waals surface area contributed by atoms with Crippen LogP contribution in [0.3, 0.4) is 0 Å². The molecule has 1 N–H and O–H groups in total. The number of nitrogens with zero attached hydrogens (tertiary/aromatic N) is 3. The third kappa shape index (κ3) is 4.02. The number of aliphatic hydroxyl groups is 1. The van der Waals surface area contributed by atoms with Crippen LogP contribution in [0.25, 0.3) is 0 Å². The molecule has 1 amide bonds. The predicted molar refractivity (Wildman–Crippen MR) is 94.6 cm³/mol. The number of ether oxygens (including phenoxy) is 1. The second-order valence-electron chi connectivity index (χ2n) is 6.35. The lowest BCUT2D eigenvalue weighted by Crippen LogP contribution is -2.39. The molecule has 1 fully saturated rings. The van der Waals surface area contributed by atoms with E-state index in [1.54, 1.807) is 13.3 Å². The van der Waals surface area contributed by atoms with Gasteiger partial charge in [-0.05, 0) is 25.0 Å². The maximum absolute atomic E-state index is 12.6. The molecule has 1 aliphatic rings. The summed E-state index contributed by atoms with van der Waals surface area (Å²) in [6.45, 7) is 2.12. The second kappa shape index (κ2) is 8.16. The molecule has 1 saturated heterocycles. The third-order valence-electron chi connectivity index (χ3n) is 4.86. The summed E-state index contributed by atoms with van der Waals surface area (Å²) >= 11 is 0. The van der Waals surface area contributed by atoms with Gasteiger partial charge in [-0.25, -0.2) is 0 Å². The Balaban J connectivity index is 1.58. The lowest BCUT2D eigenvalue weighted by Gasteiger charge is -2.32. The summed E-state index contributed by atoms with van der Waals surface area (Å²) in [7, 11) is 1.63. The molecular formula is C19H25N3O3. The van der Waals surface area contributed by atoms with Gasteiger partial charge in [-0.15, -0.1) is 0 Å². The zero-order valence-electron chi connectivity index (χ0n) is 14.6. The smallest absolute Gasteiger partial charge is 0.227 e. The number of carbonyl (C=O) groups excluding carboxylic acids is 1. The highest BCUT2D eigenvalue weighted by molar-refractivity contribution is 5.79. The Kier molecular flexibility index (Phi) is 5.71. The fourth-order valence-electron chi connectivity index (χ4n) is 3.52. The highest BCUT2D eigenvalue weighted by Crippen LogP contribution is 2.28. The lowest BCUT2D eigenvalue weighted by molar-refractivity contribution is -0.131. The van der Waals surface area contributed by atoms with Crippen LogP contribution in [-0.2, 0) is 17.8 Å². The molecule has 0 aliphatic carbocycles.